The summed E-state index contributed by atoms with van der Waals surface area (Å²) in [7, 11) is 0. The van der Waals surface area contributed by atoms with Gasteiger partial charge in [0.1, 0.15) is 18.2 Å². The number of carbonyl (C=O) groups excluding carboxylic acids is 5. The number of hydrogen-bond donors (Lipinski definition) is 2. The quantitative estimate of drug-likeness (QED) is 0.168. The molecule has 2 aromatic heterocycles. The number of aromatic nitrogens is 2. The van der Waals surface area contributed by atoms with E-state index in [1.165, 1.54) is 0 Å². The summed E-state index contributed by atoms with van der Waals surface area (Å²) in [6.45, 7) is 0.901. The van der Waals surface area contributed by atoms with Crippen LogP contribution in [-0.4, -0.2) is 56.6 Å². The third-order valence-electron chi connectivity index (χ3n) is 8.80. The number of rotatable bonds is 13. The van der Waals surface area contributed by atoms with Crippen molar-refractivity contribution >= 4 is 51.5 Å². The lowest BCUT2D eigenvalue weighted by atomic mass is 10.0. The number of nitrogens with zero attached hydrogens (tertiary/aromatic N) is 3. The van der Waals surface area contributed by atoms with Gasteiger partial charge in [0.2, 0.25) is 17.7 Å². The largest absolute Gasteiger partial charge is 0.355 e. The van der Waals surface area contributed by atoms with Gasteiger partial charge in [-0.05, 0) is 61.6 Å². The first kappa shape index (κ1) is 30.2. The zero-order valence-corrected chi connectivity index (χ0v) is 25.2. The van der Waals surface area contributed by atoms with Crippen LogP contribution in [-0.2, 0) is 27.3 Å². The molecule has 0 radical (unpaired) electrons. The minimum Gasteiger partial charge on any atom is -0.355 e. The SMILES string of the molecule is O=C(Cn1c2ccccc2c2cccnc21)NCCCCCCCCCc1ccc2c(c1)C(=O)N(C1CCC(=O)NC1=O)C2=O. The van der Waals surface area contributed by atoms with Crippen molar-refractivity contribution in [3.8, 4) is 0 Å². The molecule has 232 valence electrons. The Hall–Kier alpha value is -4.86. The number of amides is 5. The summed E-state index contributed by atoms with van der Waals surface area (Å²) in [6.07, 6.45) is 10.2. The van der Waals surface area contributed by atoms with Crippen LogP contribution in [0.1, 0.15) is 84.1 Å². The van der Waals surface area contributed by atoms with Crippen LogP contribution in [0.15, 0.2) is 60.8 Å². The van der Waals surface area contributed by atoms with Crippen LogP contribution < -0.4 is 10.6 Å². The maximum absolute atomic E-state index is 13.0. The molecular weight excluding hydrogens is 570 g/mol. The average molecular weight is 608 g/mol. The highest BCUT2D eigenvalue weighted by Crippen LogP contribution is 2.29. The maximum atomic E-state index is 13.0. The molecule has 2 aliphatic rings. The Bertz CT molecular complexity index is 1740. The van der Waals surface area contributed by atoms with E-state index in [4.69, 9.17) is 0 Å². The number of unbranched alkanes of at least 4 members (excludes halogenated alkanes) is 6. The molecule has 0 spiro atoms. The van der Waals surface area contributed by atoms with E-state index in [0.717, 1.165) is 83.8 Å². The predicted octanol–water partition coefficient (Wildman–Crippen LogP) is 4.68. The van der Waals surface area contributed by atoms with Crippen molar-refractivity contribution in [1.29, 1.82) is 0 Å². The molecule has 6 rings (SSSR count). The van der Waals surface area contributed by atoms with Gasteiger partial charge in [0.25, 0.3) is 11.8 Å². The molecule has 10 nitrogen and oxygen atoms in total. The van der Waals surface area contributed by atoms with Crippen LogP contribution in [0, 0.1) is 0 Å². The Morgan fingerprint density at radius 1 is 0.844 bits per heavy atom. The third kappa shape index (κ3) is 6.36. The van der Waals surface area contributed by atoms with E-state index in [1.807, 2.05) is 41.0 Å². The van der Waals surface area contributed by atoms with E-state index in [0.29, 0.717) is 17.7 Å². The van der Waals surface area contributed by atoms with E-state index in [-0.39, 0.29) is 31.2 Å². The molecule has 1 saturated heterocycles. The number of fused-ring (bicyclic) bond motifs is 4. The van der Waals surface area contributed by atoms with Crippen molar-refractivity contribution in [3.63, 3.8) is 0 Å². The summed E-state index contributed by atoms with van der Waals surface area (Å²) >= 11 is 0. The second-order valence-electron chi connectivity index (χ2n) is 11.9. The van der Waals surface area contributed by atoms with Gasteiger partial charge in [0, 0.05) is 29.9 Å². The van der Waals surface area contributed by atoms with E-state index in [9.17, 15) is 24.0 Å². The van der Waals surface area contributed by atoms with Crippen molar-refractivity contribution in [2.24, 2.45) is 0 Å². The summed E-state index contributed by atoms with van der Waals surface area (Å²) in [5.74, 6) is -1.94. The van der Waals surface area contributed by atoms with Gasteiger partial charge in [0.05, 0.1) is 16.6 Å². The monoisotopic (exact) mass is 607 g/mol. The van der Waals surface area contributed by atoms with E-state index in [2.05, 4.69) is 21.7 Å². The zero-order chi connectivity index (χ0) is 31.3. The topological polar surface area (TPSA) is 130 Å². The lowest BCUT2D eigenvalue weighted by Gasteiger charge is -2.27. The fourth-order valence-electron chi connectivity index (χ4n) is 6.47. The molecule has 10 heteroatoms. The van der Waals surface area contributed by atoms with Gasteiger partial charge >= 0.3 is 0 Å². The number of carbonyl (C=O) groups is 5. The van der Waals surface area contributed by atoms with Gasteiger partial charge in [0.15, 0.2) is 0 Å². The first-order valence-electron chi connectivity index (χ1n) is 15.9. The Labute approximate surface area is 261 Å². The number of nitrogens with one attached hydrogen (secondary N) is 2. The molecule has 0 aliphatic carbocycles. The number of aryl methyl sites for hydroxylation is 1. The van der Waals surface area contributed by atoms with Crippen LogP contribution in [0.4, 0.5) is 0 Å². The van der Waals surface area contributed by atoms with Crippen LogP contribution in [0.2, 0.25) is 0 Å². The van der Waals surface area contributed by atoms with Gasteiger partial charge in [-0.2, -0.15) is 0 Å². The van der Waals surface area contributed by atoms with E-state index < -0.39 is 23.8 Å². The molecule has 0 bridgehead atoms. The molecular formula is C35H37N5O5. The number of benzene rings is 2. The molecule has 0 saturated carbocycles. The molecule has 5 amide bonds. The van der Waals surface area contributed by atoms with Gasteiger partial charge in [-0.3, -0.25) is 34.2 Å². The van der Waals surface area contributed by atoms with Gasteiger partial charge in [-0.1, -0.05) is 56.4 Å². The Balaban J connectivity index is 0.870. The minimum absolute atomic E-state index is 0.00962. The molecule has 1 unspecified atom stereocenters. The number of piperidine rings is 1. The Morgan fingerprint density at radius 2 is 1.58 bits per heavy atom. The van der Waals surface area contributed by atoms with E-state index >= 15 is 0 Å². The van der Waals surface area contributed by atoms with Crippen molar-refractivity contribution in [2.45, 2.75) is 76.8 Å². The van der Waals surface area contributed by atoms with Gasteiger partial charge in [-0.15, -0.1) is 0 Å². The van der Waals surface area contributed by atoms with Gasteiger partial charge < -0.3 is 9.88 Å². The fourth-order valence-corrected chi connectivity index (χ4v) is 6.47. The van der Waals surface area contributed by atoms with Crippen LogP contribution in [0.25, 0.3) is 21.9 Å². The zero-order valence-electron chi connectivity index (χ0n) is 25.2. The second-order valence-corrected chi connectivity index (χ2v) is 11.9. The van der Waals surface area contributed by atoms with Crippen molar-refractivity contribution in [2.75, 3.05) is 6.54 Å². The van der Waals surface area contributed by atoms with Crippen molar-refractivity contribution in [3.05, 3.63) is 77.5 Å². The highest BCUT2D eigenvalue weighted by Gasteiger charge is 2.44. The van der Waals surface area contributed by atoms with Gasteiger partial charge in [-0.25, -0.2) is 4.98 Å². The average Bonchev–Trinajstić information content (AvgIpc) is 3.48. The first-order chi connectivity index (χ1) is 21.9. The summed E-state index contributed by atoms with van der Waals surface area (Å²) in [4.78, 5) is 67.9. The molecule has 45 heavy (non-hydrogen) atoms. The van der Waals surface area contributed by atoms with Crippen LogP contribution in [0.5, 0.6) is 0 Å². The Morgan fingerprint density at radius 3 is 2.40 bits per heavy atom. The molecule has 2 N–H and O–H groups in total. The smallest absolute Gasteiger partial charge is 0.262 e. The number of para-hydroxylation sites is 1. The first-order valence-corrected chi connectivity index (χ1v) is 15.9. The number of hydrogen-bond acceptors (Lipinski definition) is 6. The lowest BCUT2D eigenvalue weighted by molar-refractivity contribution is -0.136. The number of pyridine rings is 1. The highest BCUT2D eigenvalue weighted by molar-refractivity contribution is 6.23. The fraction of sp³-hybridized carbons (Fsp3) is 0.371. The molecule has 2 aromatic carbocycles. The molecule has 4 heterocycles. The molecule has 1 atom stereocenters. The third-order valence-corrected chi connectivity index (χ3v) is 8.80. The van der Waals surface area contributed by atoms with Crippen molar-refractivity contribution < 1.29 is 24.0 Å². The minimum atomic E-state index is -0.946. The summed E-state index contributed by atoms with van der Waals surface area (Å²) in [5, 5.41) is 7.44. The van der Waals surface area contributed by atoms with Crippen LogP contribution >= 0.6 is 0 Å². The number of imide groups is 2. The second kappa shape index (κ2) is 13.4. The summed E-state index contributed by atoms with van der Waals surface area (Å²) < 4.78 is 1.98. The highest BCUT2D eigenvalue weighted by atomic mass is 16.2. The van der Waals surface area contributed by atoms with Crippen LogP contribution in [0.3, 0.4) is 0 Å². The molecule has 2 aliphatic heterocycles. The van der Waals surface area contributed by atoms with E-state index in [1.54, 1.807) is 18.3 Å². The normalized spacial score (nSPS) is 16.4. The molecule has 1 fully saturated rings. The van der Waals surface area contributed by atoms with Crippen molar-refractivity contribution in [1.82, 2.24) is 25.1 Å². The maximum Gasteiger partial charge on any atom is 0.262 e. The Kier molecular flexibility index (Phi) is 9.00. The standard InChI is InChI=1S/C35H37N5O5/c41-30-18-17-29(33(43)38-30)40-34(44)26-16-15-23(21-27(26)35(40)45)11-6-4-2-1-3-5-9-19-36-31(42)22-39-28-14-8-7-12-24(28)25-13-10-20-37-32(25)39/h7-8,10,12-16,20-21,29H,1-6,9,11,17-19,22H2,(H,36,42)(H,38,41,43). The summed E-state index contributed by atoms with van der Waals surface area (Å²) in [5.41, 5.74) is 3.48. The molecule has 4 aromatic rings. The predicted molar refractivity (Wildman–Crippen MR) is 169 cm³/mol. The lowest BCUT2D eigenvalue weighted by Crippen LogP contribution is -2.54. The summed E-state index contributed by atoms with van der Waals surface area (Å²) in [6, 6.07) is 16.4.